The SMILES string of the molecule is CC(C)(CCNC(=O)C1CC12CCNCC2)CCC(=O)O. The minimum absolute atomic E-state index is 0.0400. The third-order valence-electron chi connectivity index (χ3n) is 5.22. The third kappa shape index (κ3) is 4.43. The highest BCUT2D eigenvalue weighted by atomic mass is 16.4. The molecule has 1 aliphatic heterocycles. The van der Waals surface area contributed by atoms with Gasteiger partial charge in [-0.1, -0.05) is 13.8 Å². The number of aliphatic carboxylic acids is 1. The summed E-state index contributed by atoms with van der Waals surface area (Å²) in [7, 11) is 0. The van der Waals surface area contributed by atoms with E-state index in [-0.39, 0.29) is 29.1 Å². The van der Waals surface area contributed by atoms with Gasteiger partial charge in [0.05, 0.1) is 0 Å². The highest BCUT2D eigenvalue weighted by Crippen LogP contribution is 2.58. The second-order valence-corrected chi connectivity index (χ2v) is 7.47. The molecule has 0 aromatic heterocycles. The average Bonchev–Trinajstić information content (AvgIpc) is 3.11. The minimum atomic E-state index is -0.752. The Labute approximate surface area is 126 Å². The second-order valence-electron chi connectivity index (χ2n) is 7.47. The first-order valence-electron chi connectivity index (χ1n) is 8.05. The molecule has 21 heavy (non-hydrogen) atoms. The Hall–Kier alpha value is -1.10. The van der Waals surface area contributed by atoms with Crippen LogP contribution in [0.5, 0.6) is 0 Å². The van der Waals surface area contributed by atoms with Gasteiger partial charge in [-0.3, -0.25) is 9.59 Å². The van der Waals surface area contributed by atoms with Gasteiger partial charge in [0.1, 0.15) is 0 Å². The molecule has 1 amide bonds. The molecule has 1 spiro atoms. The van der Waals surface area contributed by atoms with Crippen LogP contribution in [0.3, 0.4) is 0 Å². The molecule has 120 valence electrons. The summed E-state index contributed by atoms with van der Waals surface area (Å²) in [6, 6.07) is 0. The Morgan fingerprint density at radius 3 is 2.57 bits per heavy atom. The topological polar surface area (TPSA) is 78.4 Å². The number of hydrogen-bond acceptors (Lipinski definition) is 3. The minimum Gasteiger partial charge on any atom is -0.481 e. The van der Waals surface area contributed by atoms with Gasteiger partial charge >= 0.3 is 5.97 Å². The molecule has 0 radical (unpaired) electrons. The van der Waals surface area contributed by atoms with Gasteiger partial charge in [-0.2, -0.15) is 0 Å². The van der Waals surface area contributed by atoms with Crippen LogP contribution in [0.4, 0.5) is 0 Å². The predicted octanol–water partition coefficient (Wildman–Crippen LogP) is 1.77. The van der Waals surface area contributed by atoms with Crippen molar-refractivity contribution in [3.8, 4) is 0 Å². The summed E-state index contributed by atoms with van der Waals surface area (Å²) < 4.78 is 0. The number of carbonyl (C=O) groups excluding carboxylic acids is 1. The van der Waals surface area contributed by atoms with Gasteiger partial charge in [-0.15, -0.1) is 0 Å². The summed E-state index contributed by atoms with van der Waals surface area (Å²) in [6.07, 6.45) is 4.96. The summed E-state index contributed by atoms with van der Waals surface area (Å²) in [5.74, 6) is -0.342. The number of amides is 1. The number of piperidine rings is 1. The molecule has 1 atom stereocenters. The van der Waals surface area contributed by atoms with Crippen LogP contribution < -0.4 is 10.6 Å². The van der Waals surface area contributed by atoms with Gasteiger partial charge in [-0.05, 0) is 56.0 Å². The van der Waals surface area contributed by atoms with E-state index >= 15 is 0 Å². The fraction of sp³-hybridized carbons (Fsp3) is 0.875. The lowest BCUT2D eigenvalue weighted by Gasteiger charge is -2.25. The van der Waals surface area contributed by atoms with Crippen LogP contribution in [0.1, 0.15) is 52.4 Å². The van der Waals surface area contributed by atoms with Gasteiger partial charge in [0.25, 0.3) is 0 Å². The first kappa shape index (κ1) is 16.3. The number of carboxylic acids is 1. The molecule has 5 heteroatoms. The second kappa shape index (κ2) is 6.34. The summed E-state index contributed by atoms with van der Waals surface area (Å²) in [4.78, 5) is 22.8. The van der Waals surface area contributed by atoms with Crippen molar-refractivity contribution in [3.05, 3.63) is 0 Å². The fourth-order valence-corrected chi connectivity index (χ4v) is 3.41. The molecule has 0 bridgehead atoms. The molecule has 3 N–H and O–H groups in total. The van der Waals surface area contributed by atoms with Crippen LogP contribution in [-0.2, 0) is 9.59 Å². The van der Waals surface area contributed by atoms with Crippen LogP contribution in [0, 0.1) is 16.7 Å². The lowest BCUT2D eigenvalue weighted by atomic mass is 9.84. The Bertz CT molecular complexity index is 400. The number of carboxylic acid groups (broad SMARTS) is 1. The highest BCUT2D eigenvalue weighted by molar-refractivity contribution is 5.82. The molecule has 1 heterocycles. The van der Waals surface area contributed by atoms with E-state index in [1.165, 1.54) is 0 Å². The molecule has 1 saturated carbocycles. The summed E-state index contributed by atoms with van der Waals surface area (Å²) in [5, 5.41) is 15.1. The molecule has 1 saturated heterocycles. The number of nitrogens with one attached hydrogen (secondary N) is 2. The van der Waals surface area contributed by atoms with Crippen LogP contribution >= 0.6 is 0 Å². The molecule has 0 aromatic carbocycles. The maximum atomic E-state index is 12.2. The van der Waals surface area contributed by atoms with Crippen molar-refractivity contribution < 1.29 is 14.7 Å². The van der Waals surface area contributed by atoms with Crippen LogP contribution in [0.15, 0.2) is 0 Å². The van der Waals surface area contributed by atoms with Crippen molar-refractivity contribution in [2.75, 3.05) is 19.6 Å². The number of rotatable bonds is 7. The largest absolute Gasteiger partial charge is 0.481 e. The molecule has 2 rings (SSSR count). The zero-order chi connectivity index (χ0) is 15.5. The smallest absolute Gasteiger partial charge is 0.303 e. The molecule has 1 unspecified atom stereocenters. The third-order valence-corrected chi connectivity index (χ3v) is 5.22. The van der Waals surface area contributed by atoms with E-state index in [0.717, 1.165) is 38.8 Å². The first-order chi connectivity index (χ1) is 9.85. The molecule has 0 aromatic rings. The van der Waals surface area contributed by atoms with E-state index in [2.05, 4.69) is 24.5 Å². The van der Waals surface area contributed by atoms with Crippen molar-refractivity contribution in [1.82, 2.24) is 10.6 Å². The van der Waals surface area contributed by atoms with Gasteiger partial charge in [0, 0.05) is 18.9 Å². The van der Waals surface area contributed by atoms with E-state index < -0.39 is 5.97 Å². The summed E-state index contributed by atoms with van der Waals surface area (Å²) in [5.41, 5.74) is 0.246. The maximum absolute atomic E-state index is 12.2. The lowest BCUT2D eigenvalue weighted by Crippen LogP contribution is -2.34. The molecular formula is C16H28N2O3. The van der Waals surface area contributed by atoms with Gasteiger partial charge < -0.3 is 15.7 Å². The van der Waals surface area contributed by atoms with Crippen molar-refractivity contribution in [2.45, 2.75) is 52.4 Å². The monoisotopic (exact) mass is 296 g/mol. The van der Waals surface area contributed by atoms with Crippen LogP contribution in [0.2, 0.25) is 0 Å². The summed E-state index contributed by atoms with van der Waals surface area (Å²) >= 11 is 0. The fourth-order valence-electron chi connectivity index (χ4n) is 3.41. The van der Waals surface area contributed by atoms with Gasteiger partial charge in [0.2, 0.25) is 5.91 Å². The average molecular weight is 296 g/mol. The normalized spacial score (nSPS) is 23.8. The van der Waals surface area contributed by atoms with E-state index in [1.807, 2.05) is 0 Å². The molecule has 1 aliphatic carbocycles. The molecule has 5 nitrogen and oxygen atoms in total. The standard InChI is InChI=1S/C16H28N2O3/c1-15(2,4-3-13(19)20)5-10-18-14(21)12-11-16(12)6-8-17-9-7-16/h12,17H,3-11H2,1-2H3,(H,18,21)(H,19,20). The van der Waals surface area contributed by atoms with Gasteiger partial charge in [-0.25, -0.2) is 0 Å². The molecular weight excluding hydrogens is 268 g/mol. The number of hydrogen-bond donors (Lipinski definition) is 3. The van der Waals surface area contributed by atoms with Crippen LogP contribution in [0.25, 0.3) is 0 Å². The molecule has 2 fully saturated rings. The number of carbonyl (C=O) groups is 2. The Balaban J connectivity index is 1.67. The lowest BCUT2D eigenvalue weighted by molar-refractivity contribution is -0.137. The maximum Gasteiger partial charge on any atom is 0.303 e. The Morgan fingerprint density at radius 1 is 1.29 bits per heavy atom. The zero-order valence-electron chi connectivity index (χ0n) is 13.2. The van der Waals surface area contributed by atoms with Crippen molar-refractivity contribution >= 4 is 11.9 Å². The molecule has 2 aliphatic rings. The Morgan fingerprint density at radius 2 is 1.95 bits per heavy atom. The van der Waals surface area contributed by atoms with E-state index in [4.69, 9.17) is 5.11 Å². The predicted molar refractivity (Wildman–Crippen MR) is 80.9 cm³/mol. The summed E-state index contributed by atoms with van der Waals surface area (Å²) in [6.45, 7) is 6.84. The van der Waals surface area contributed by atoms with Crippen LogP contribution in [-0.4, -0.2) is 36.6 Å². The zero-order valence-corrected chi connectivity index (χ0v) is 13.2. The van der Waals surface area contributed by atoms with E-state index in [9.17, 15) is 9.59 Å². The Kier molecular flexibility index (Phi) is 4.91. The highest BCUT2D eigenvalue weighted by Gasteiger charge is 2.57. The first-order valence-corrected chi connectivity index (χ1v) is 8.05. The quantitative estimate of drug-likeness (QED) is 0.669. The van der Waals surface area contributed by atoms with Crippen molar-refractivity contribution in [3.63, 3.8) is 0 Å². The van der Waals surface area contributed by atoms with E-state index in [1.54, 1.807) is 0 Å². The van der Waals surface area contributed by atoms with Crippen molar-refractivity contribution in [2.24, 2.45) is 16.7 Å². The van der Waals surface area contributed by atoms with E-state index in [0.29, 0.717) is 13.0 Å². The van der Waals surface area contributed by atoms with Gasteiger partial charge in [0.15, 0.2) is 0 Å². The van der Waals surface area contributed by atoms with Crippen molar-refractivity contribution in [1.29, 1.82) is 0 Å².